The molecule has 89 heavy (non-hydrogen) atoms. The van der Waals surface area contributed by atoms with Gasteiger partial charge >= 0.3 is 312 Å². The Kier molecular flexibility index (Phi) is 83.1. The van der Waals surface area contributed by atoms with Gasteiger partial charge in [-0.3, -0.25) is 0 Å². The summed E-state index contributed by atoms with van der Waals surface area (Å²) in [5.74, 6) is 0. The van der Waals surface area contributed by atoms with Crippen LogP contribution >= 0.6 is 41.1 Å². The first-order valence-electron chi connectivity index (χ1n) is 41.8. The predicted molar refractivity (Wildman–Crippen MR) is 424 cm³/mol. The standard InChI is InChI=1S/2C41H83NS2.Pb/c2*1-3-5-7-9-11-13-15-17-19-21-23-25-27-29-31-33-35-37-39-42(41(43)44)40-38-36-34-32-30-28-26-24-22-20-18-16-14-12-10-8-6-4-2;/h2*3-40H2,1-2H3,(H,43,44);/q;;+2/p-2. The molecule has 0 amide bonds. The van der Waals surface area contributed by atoms with E-state index in [0.717, 1.165) is 0 Å². The summed E-state index contributed by atoms with van der Waals surface area (Å²) < 4.78 is 2.45. The summed E-state index contributed by atoms with van der Waals surface area (Å²) in [6.45, 7) is 14.0. The number of hydrogen-bond acceptors (Lipinski definition) is 4. The Morgan fingerprint density at radius 1 is 0.180 bits per heavy atom. The number of unbranched alkanes of at least 4 members (excludes halogenated alkanes) is 68. The van der Waals surface area contributed by atoms with Crippen molar-refractivity contribution in [2.45, 2.75) is 490 Å². The van der Waals surface area contributed by atoms with Crippen LogP contribution in [0, 0.1) is 0 Å². The number of nitrogens with zero attached hydrogens (tertiary/aromatic N) is 2. The van der Waals surface area contributed by atoms with Crippen molar-refractivity contribution < 1.29 is 0 Å². The van der Waals surface area contributed by atoms with Crippen molar-refractivity contribution in [1.82, 2.24) is 9.80 Å². The van der Waals surface area contributed by atoms with Gasteiger partial charge in [-0.25, -0.2) is 0 Å². The smallest absolute Gasteiger partial charge is 0.0654 e. The Morgan fingerprint density at radius 3 is 0.393 bits per heavy atom. The Morgan fingerprint density at radius 2 is 0.281 bits per heavy atom. The van der Waals surface area contributed by atoms with Gasteiger partial charge in [-0.15, -0.1) is 0 Å². The summed E-state index contributed by atoms with van der Waals surface area (Å²) in [6, 6.07) is 0. The normalized spacial score (nSPS) is 11.6. The molecule has 0 aliphatic heterocycles. The Labute approximate surface area is 591 Å². The van der Waals surface area contributed by atoms with Crippen LogP contribution in [0.2, 0.25) is 0 Å². The number of rotatable bonds is 78. The molecule has 7 heteroatoms. The molecule has 0 aromatic rings. The van der Waals surface area contributed by atoms with E-state index in [-0.39, 0.29) is 0 Å². The minimum Gasteiger partial charge on any atom is -0.0654 e. The SMILES string of the molecule is CCCCCCCCCCCCCCCCCCCCN(CCCCCCCCCCCCCCCCCCCC)C(=S)[S][Pb][S]C(=S)N(CCCCCCCCCCCCCCCCCCCC)CCCCCCCCCCCCCCCCCCCC. The zero-order valence-electron chi connectivity index (χ0n) is 61.8. The molecule has 0 unspecified atom stereocenters. The van der Waals surface area contributed by atoms with E-state index in [1.807, 2.05) is 0 Å². The zero-order chi connectivity index (χ0) is 64.2. The van der Waals surface area contributed by atoms with Crippen LogP contribution in [0.25, 0.3) is 0 Å². The molecular weight excluding hydrogens is 1350 g/mol. The Hall–Kier alpha value is 1.40. The van der Waals surface area contributed by atoms with Crippen LogP contribution in [0.3, 0.4) is 0 Å². The summed E-state index contributed by atoms with van der Waals surface area (Å²) in [5, 5.41) is 0. The number of thiocarbonyl (C=S) groups is 2. The quantitative estimate of drug-likeness (QED) is 0.0338. The summed E-state index contributed by atoms with van der Waals surface area (Å²) >= 11 is 11.6. The van der Waals surface area contributed by atoms with E-state index in [2.05, 4.69) is 54.1 Å². The van der Waals surface area contributed by atoms with Crippen molar-refractivity contribution in [1.29, 1.82) is 0 Å². The molecule has 0 aromatic heterocycles. The van der Waals surface area contributed by atoms with Gasteiger partial charge in [0.25, 0.3) is 0 Å². The average Bonchev–Trinajstić information content (AvgIpc) is 3.55. The van der Waals surface area contributed by atoms with E-state index in [1.165, 1.54) is 497 Å². The van der Waals surface area contributed by atoms with Crippen molar-refractivity contribution in [3.63, 3.8) is 0 Å². The van der Waals surface area contributed by atoms with Gasteiger partial charge in [0.15, 0.2) is 0 Å². The Bertz CT molecular complexity index is 1140. The number of hydrogen-bond donors (Lipinski definition) is 0. The molecule has 0 saturated heterocycles. The van der Waals surface area contributed by atoms with Crippen LogP contribution < -0.4 is 0 Å². The molecule has 0 spiro atoms. The van der Waals surface area contributed by atoms with Crippen LogP contribution in [0.1, 0.15) is 490 Å². The topological polar surface area (TPSA) is 6.48 Å². The van der Waals surface area contributed by atoms with Gasteiger partial charge in [0.2, 0.25) is 0 Å². The van der Waals surface area contributed by atoms with E-state index in [4.69, 9.17) is 24.4 Å². The maximum atomic E-state index is 6.36. The molecule has 2 radical (unpaired) electrons. The molecule has 0 aromatic carbocycles. The summed E-state index contributed by atoms with van der Waals surface area (Å²) in [6.07, 6.45) is 103. The second-order valence-corrected chi connectivity index (χ2v) is 42.6. The van der Waals surface area contributed by atoms with Crippen molar-refractivity contribution in [3.8, 4) is 0 Å². The second kappa shape index (κ2) is 81.8. The van der Waals surface area contributed by atoms with E-state index in [9.17, 15) is 0 Å². The molecule has 0 aliphatic rings. The molecule has 0 fully saturated rings. The molecule has 0 rings (SSSR count). The van der Waals surface area contributed by atoms with Crippen LogP contribution in [0.4, 0.5) is 0 Å². The van der Waals surface area contributed by atoms with E-state index < -0.39 is 21.2 Å². The third-order valence-corrected chi connectivity index (χ3v) is 36.2. The fourth-order valence-corrected chi connectivity index (χ4v) is 30.2. The van der Waals surface area contributed by atoms with Crippen molar-refractivity contribution in [2.75, 3.05) is 26.2 Å². The molecule has 0 heterocycles. The molecule has 2 nitrogen and oxygen atoms in total. The molecular formula is C82H164N2PbS4. The van der Waals surface area contributed by atoms with Crippen molar-refractivity contribution in [2.24, 2.45) is 0 Å². The van der Waals surface area contributed by atoms with Gasteiger partial charge in [-0.2, -0.15) is 0 Å². The van der Waals surface area contributed by atoms with Crippen LogP contribution in [0.15, 0.2) is 0 Å². The fraction of sp³-hybridized carbons (Fsp3) is 0.976. The molecule has 0 atom stereocenters. The van der Waals surface area contributed by atoms with Gasteiger partial charge < -0.3 is 0 Å². The monoisotopic (exact) mass is 1510 g/mol. The van der Waals surface area contributed by atoms with Gasteiger partial charge in [0.05, 0.1) is 0 Å². The van der Waals surface area contributed by atoms with Crippen LogP contribution in [-0.2, 0) is 0 Å². The second-order valence-electron chi connectivity index (χ2n) is 28.8. The molecule has 0 saturated carbocycles. The van der Waals surface area contributed by atoms with Crippen LogP contribution in [-0.4, -0.2) is 65.9 Å². The first-order chi connectivity index (χ1) is 44.1. The van der Waals surface area contributed by atoms with E-state index in [0.29, 0.717) is 0 Å². The third-order valence-electron chi connectivity index (χ3n) is 19.9. The Balaban J connectivity index is 4.95. The van der Waals surface area contributed by atoms with Gasteiger partial charge in [0, 0.05) is 0 Å². The minimum absolute atomic E-state index is 1.14. The molecule has 0 bridgehead atoms. The minimum atomic E-state index is -1.14. The first-order valence-corrected chi connectivity index (χ1v) is 53.7. The zero-order valence-corrected chi connectivity index (χ0v) is 68.9. The summed E-state index contributed by atoms with van der Waals surface area (Å²) in [4.78, 5) is 5.34. The van der Waals surface area contributed by atoms with Crippen molar-refractivity contribution in [3.05, 3.63) is 0 Å². The fourth-order valence-electron chi connectivity index (χ4n) is 13.6. The van der Waals surface area contributed by atoms with Gasteiger partial charge in [0.1, 0.15) is 0 Å². The summed E-state index contributed by atoms with van der Waals surface area (Å²) in [5.41, 5.74) is 0. The first kappa shape index (κ1) is 90.4. The van der Waals surface area contributed by atoms with Gasteiger partial charge in [-0.05, 0) is 0 Å². The van der Waals surface area contributed by atoms with Crippen LogP contribution in [0.5, 0.6) is 0 Å². The van der Waals surface area contributed by atoms with E-state index in [1.54, 1.807) is 0 Å². The molecule has 0 aliphatic carbocycles. The third kappa shape index (κ3) is 75.0. The van der Waals surface area contributed by atoms with E-state index >= 15 is 0 Å². The van der Waals surface area contributed by atoms with Crippen molar-refractivity contribution >= 4 is 70.9 Å². The summed E-state index contributed by atoms with van der Waals surface area (Å²) in [7, 11) is 4.23. The maximum absolute atomic E-state index is 6.36. The molecule has 530 valence electrons. The molecule has 0 N–H and O–H groups in total. The predicted octanol–water partition coefficient (Wildman–Crippen LogP) is 31.3. The van der Waals surface area contributed by atoms with Gasteiger partial charge in [-0.1, -0.05) is 285 Å². The average molecular weight is 1510 g/mol.